The molecule has 0 spiro atoms. The average Bonchev–Trinajstić information content (AvgIpc) is 2.47. The van der Waals surface area contributed by atoms with Crippen LogP contribution in [0.2, 0.25) is 0 Å². The molecule has 1 rings (SSSR count). The highest BCUT2D eigenvalue weighted by molar-refractivity contribution is 5.66. The van der Waals surface area contributed by atoms with E-state index in [1.807, 2.05) is 0 Å². The van der Waals surface area contributed by atoms with Crippen molar-refractivity contribution in [3.63, 3.8) is 0 Å². The number of halogens is 3. The second-order valence-electron chi connectivity index (χ2n) is 3.47. The first-order valence-electron chi connectivity index (χ1n) is 4.40. The molecule has 6 heteroatoms. The van der Waals surface area contributed by atoms with E-state index in [1.165, 1.54) is 0 Å². The SMILES string of the molecule is O=C(O)CCN1CC[C@@H](C(F)(F)F)C1. The van der Waals surface area contributed by atoms with Crippen molar-refractivity contribution in [1.82, 2.24) is 4.90 Å². The predicted molar refractivity (Wildman–Crippen MR) is 42.9 cm³/mol. The van der Waals surface area contributed by atoms with E-state index in [1.54, 1.807) is 4.90 Å². The summed E-state index contributed by atoms with van der Waals surface area (Å²) < 4.78 is 36.6. The molecule has 0 aromatic carbocycles. The number of carboxylic acid groups (broad SMARTS) is 1. The molecule has 1 atom stereocenters. The van der Waals surface area contributed by atoms with Crippen molar-refractivity contribution in [2.45, 2.75) is 19.0 Å². The predicted octanol–water partition coefficient (Wildman–Crippen LogP) is 1.35. The number of aliphatic carboxylic acids is 1. The monoisotopic (exact) mass is 211 g/mol. The van der Waals surface area contributed by atoms with Gasteiger partial charge in [-0.25, -0.2) is 0 Å². The lowest BCUT2D eigenvalue weighted by Gasteiger charge is -2.16. The average molecular weight is 211 g/mol. The minimum atomic E-state index is -4.14. The van der Waals surface area contributed by atoms with Crippen molar-refractivity contribution < 1.29 is 23.1 Å². The van der Waals surface area contributed by atoms with Crippen LogP contribution in [0.4, 0.5) is 13.2 Å². The van der Waals surface area contributed by atoms with E-state index in [-0.39, 0.29) is 25.9 Å². The highest BCUT2D eigenvalue weighted by atomic mass is 19.4. The first kappa shape index (κ1) is 11.3. The summed E-state index contributed by atoms with van der Waals surface area (Å²) in [5.41, 5.74) is 0. The molecule has 3 nitrogen and oxygen atoms in total. The van der Waals surface area contributed by atoms with Gasteiger partial charge in [-0.15, -0.1) is 0 Å². The van der Waals surface area contributed by atoms with E-state index in [0.29, 0.717) is 6.54 Å². The van der Waals surface area contributed by atoms with Crippen LogP contribution in [0.3, 0.4) is 0 Å². The van der Waals surface area contributed by atoms with Crippen LogP contribution in [0.25, 0.3) is 0 Å². The molecule has 1 heterocycles. The molecule has 1 fully saturated rings. The molecule has 0 radical (unpaired) electrons. The zero-order valence-corrected chi connectivity index (χ0v) is 7.55. The van der Waals surface area contributed by atoms with Crippen molar-refractivity contribution in [3.8, 4) is 0 Å². The Bertz CT molecular complexity index is 217. The lowest BCUT2D eigenvalue weighted by molar-refractivity contribution is -0.170. The number of hydrogen-bond donors (Lipinski definition) is 1. The second kappa shape index (κ2) is 4.16. The number of hydrogen-bond acceptors (Lipinski definition) is 2. The second-order valence-corrected chi connectivity index (χ2v) is 3.47. The van der Waals surface area contributed by atoms with E-state index in [2.05, 4.69) is 0 Å². The van der Waals surface area contributed by atoms with Crippen LogP contribution in [-0.2, 0) is 4.79 Å². The van der Waals surface area contributed by atoms with Crippen LogP contribution < -0.4 is 0 Å². The minimum absolute atomic E-state index is 0.0588. The summed E-state index contributed by atoms with van der Waals surface area (Å²) >= 11 is 0. The van der Waals surface area contributed by atoms with Gasteiger partial charge in [0, 0.05) is 13.1 Å². The van der Waals surface area contributed by atoms with Gasteiger partial charge in [0.1, 0.15) is 0 Å². The van der Waals surface area contributed by atoms with Crippen molar-refractivity contribution in [3.05, 3.63) is 0 Å². The summed E-state index contributed by atoms with van der Waals surface area (Å²) in [5, 5.41) is 8.35. The molecule has 82 valence electrons. The number of likely N-dealkylation sites (tertiary alicyclic amines) is 1. The normalized spacial score (nSPS) is 24.1. The molecule has 0 unspecified atom stereocenters. The van der Waals surface area contributed by atoms with Crippen molar-refractivity contribution in [2.75, 3.05) is 19.6 Å². The van der Waals surface area contributed by atoms with Crippen molar-refractivity contribution >= 4 is 5.97 Å². The van der Waals surface area contributed by atoms with E-state index >= 15 is 0 Å². The molecule has 0 aromatic rings. The maximum Gasteiger partial charge on any atom is 0.393 e. The molecule has 1 aliphatic heterocycles. The van der Waals surface area contributed by atoms with Crippen molar-refractivity contribution in [1.29, 1.82) is 0 Å². The number of carboxylic acids is 1. The molecular formula is C8H12F3NO2. The van der Waals surface area contributed by atoms with Crippen LogP contribution in [0.15, 0.2) is 0 Å². The molecule has 1 aliphatic rings. The maximum atomic E-state index is 12.2. The Labute approximate surface area is 79.5 Å². The summed E-state index contributed by atoms with van der Waals surface area (Å²) in [7, 11) is 0. The van der Waals surface area contributed by atoms with Gasteiger partial charge >= 0.3 is 12.1 Å². The summed E-state index contributed by atoms with van der Waals surface area (Å²) in [6.45, 7) is 0.496. The van der Waals surface area contributed by atoms with E-state index in [9.17, 15) is 18.0 Å². The molecule has 0 bridgehead atoms. The Morgan fingerprint density at radius 1 is 1.50 bits per heavy atom. The fraction of sp³-hybridized carbons (Fsp3) is 0.875. The van der Waals surface area contributed by atoms with Gasteiger partial charge in [0.25, 0.3) is 0 Å². The van der Waals surface area contributed by atoms with Gasteiger partial charge in [-0.05, 0) is 13.0 Å². The smallest absolute Gasteiger partial charge is 0.393 e. The molecule has 1 saturated heterocycles. The number of rotatable bonds is 3. The molecule has 1 N–H and O–H groups in total. The Kier molecular flexibility index (Phi) is 3.36. The molecule has 0 aromatic heterocycles. The summed E-state index contributed by atoms with van der Waals surface area (Å²) in [6, 6.07) is 0. The van der Waals surface area contributed by atoms with Gasteiger partial charge in [-0.2, -0.15) is 13.2 Å². The largest absolute Gasteiger partial charge is 0.481 e. The van der Waals surface area contributed by atoms with Gasteiger partial charge < -0.3 is 10.0 Å². The minimum Gasteiger partial charge on any atom is -0.481 e. The lowest BCUT2D eigenvalue weighted by Crippen LogP contribution is -2.28. The lowest BCUT2D eigenvalue weighted by atomic mass is 10.1. The van der Waals surface area contributed by atoms with Crippen molar-refractivity contribution in [2.24, 2.45) is 5.92 Å². The topological polar surface area (TPSA) is 40.5 Å². The van der Waals surface area contributed by atoms with Gasteiger partial charge in [0.05, 0.1) is 12.3 Å². The third kappa shape index (κ3) is 3.17. The van der Waals surface area contributed by atoms with Crippen LogP contribution >= 0.6 is 0 Å². The van der Waals surface area contributed by atoms with E-state index in [0.717, 1.165) is 0 Å². The van der Waals surface area contributed by atoms with Crippen LogP contribution in [0.5, 0.6) is 0 Å². The zero-order valence-electron chi connectivity index (χ0n) is 7.55. The van der Waals surface area contributed by atoms with Crippen LogP contribution in [-0.4, -0.2) is 41.8 Å². The van der Waals surface area contributed by atoms with Gasteiger partial charge in [-0.3, -0.25) is 4.79 Å². The Balaban J connectivity index is 2.31. The molecule has 0 saturated carbocycles. The first-order valence-corrected chi connectivity index (χ1v) is 4.40. The Morgan fingerprint density at radius 3 is 2.57 bits per heavy atom. The van der Waals surface area contributed by atoms with Crippen LogP contribution in [0.1, 0.15) is 12.8 Å². The van der Waals surface area contributed by atoms with Crippen LogP contribution in [0, 0.1) is 5.92 Å². The maximum absolute atomic E-state index is 12.2. The number of carbonyl (C=O) groups is 1. The summed E-state index contributed by atoms with van der Waals surface area (Å²) in [6.07, 6.45) is -4.15. The standard InChI is InChI=1S/C8H12F3NO2/c9-8(10,11)6-1-3-12(5-6)4-2-7(13)14/h6H,1-5H2,(H,13,14)/t6-/m1/s1. The highest BCUT2D eigenvalue weighted by Gasteiger charge is 2.43. The third-order valence-corrected chi connectivity index (χ3v) is 2.38. The van der Waals surface area contributed by atoms with Gasteiger partial charge in [0.15, 0.2) is 0 Å². The highest BCUT2D eigenvalue weighted by Crippen LogP contribution is 2.33. The van der Waals surface area contributed by atoms with Gasteiger partial charge in [-0.1, -0.05) is 0 Å². The Morgan fingerprint density at radius 2 is 2.14 bits per heavy atom. The number of alkyl halides is 3. The third-order valence-electron chi connectivity index (χ3n) is 2.38. The fourth-order valence-electron chi connectivity index (χ4n) is 1.56. The van der Waals surface area contributed by atoms with Gasteiger partial charge in [0.2, 0.25) is 0 Å². The number of nitrogens with zero attached hydrogens (tertiary/aromatic N) is 1. The molecular weight excluding hydrogens is 199 g/mol. The molecule has 0 amide bonds. The summed E-state index contributed by atoms with van der Waals surface area (Å²) in [4.78, 5) is 11.7. The zero-order chi connectivity index (χ0) is 10.8. The molecule has 0 aliphatic carbocycles. The Hall–Kier alpha value is -0.780. The summed E-state index contributed by atoms with van der Waals surface area (Å²) in [5.74, 6) is -2.25. The quantitative estimate of drug-likeness (QED) is 0.765. The van der Waals surface area contributed by atoms with E-state index < -0.39 is 18.1 Å². The fourth-order valence-corrected chi connectivity index (χ4v) is 1.56. The van der Waals surface area contributed by atoms with E-state index in [4.69, 9.17) is 5.11 Å². The molecule has 14 heavy (non-hydrogen) atoms. The first-order chi connectivity index (χ1) is 6.39.